The quantitative estimate of drug-likeness (QED) is 0.724. The monoisotopic (exact) mass is 348 g/mol. The standard InChI is InChI=1S/C17H12N6O3/c18-8-9-1-3-11-10(7-9)2-4-12(11)20-16(24)15-22-14(17(25)26)21-13-5-6-19-23(13)15/h1,3,5-7,12H,2,4H2,(H,20,24)(H,25,26)/t12-/m0/s1. The molecule has 0 saturated carbocycles. The van der Waals surface area contributed by atoms with Gasteiger partial charge in [0.25, 0.3) is 5.91 Å². The van der Waals surface area contributed by atoms with Crippen LogP contribution < -0.4 is 5.32 Å². The maximum atomic E-state index is 12.7. The van der Waals surface area contributed by atoms with Gasteiger partial charge in [0.2, 0.25) is 11.6 Å². The second-order valence-corrected chi connectivity index (χ2v) is 5.87. The summed E-state index contributed by atoms with van der Waals surface area (Å²) < 4.78 is 1.20. The van der Waals surface area contributed by atoms with Gasteiger partial charge < -0.3 is 10.4 Å². The highest BCUT2D eigenvalue weighted by molar-refractivity contribution is 5.93. The lowest BCUT2D eigenvalue weighted by Crippen LogP contribution is -2.31. The number of benzene rings is 1. The number of carbonyl (C=O) groups is 2. The van der Waals surface area contributed by atoms with Crippen molar-refractivity contribution in [1.82, 2.24) is 24.9 Å². The number of hydrogen-bond donors (Lipinski definition) is 2. The molecule has 0 radical (unpaired) electrons. The second-order valence-electron chi connectivity index (χ2n) is 5.87. The van der Waals surface area contributed by atoms with Gasteiger partial charge in [-0.05, 0) is 36.1 Å². The van der Waals surface area contributed by atoms with E-state index in [1.807, 2.05) is 12.1 Å². The highest BCUT2D eigenvalue weighted by Crippen LogP contribution is 2.31. The molecule has 2 N–H and O–H groups in total. The molecule has 4 rings (SSSR count). The Morgan fingerprint density at radius 2 is 2.15 bits per heavy atom. The van der Waals surface area contributed by atoms with Gasteiger partial charge in [-0.25, -0.2) is 9.78 Å². The molecule has 0 spiro atoms. The van der Waals surface area contributed by atoms with E-state index in [2.05, 4.69) is 26.5 Å². The number of nitriles is 1. The maximum absolute atomic E-state index is 12.7. The number of rotatable bonds is 3. The Morgan fingerprint density at radius 1 is 1.31 bits per heavy atom. The number of nitrogens with zero attached hydrogens (tertiary/aromatic N) is 5. The van der Waals surface area contributed by atoms with Crippen LogP contribution in [0.1, 0.15) is 50.4 Å². The van der Waals surface area contributed by atoms with Crippen LogP contribution in [0.15, 0.2) is 30.5 Å². The van der Waals surface area contributed by atoms with Crippen molar-refractivity contribution >= 4 is 17.5 Å². The van der Waals surface area contributed by atoms with Crippen LogP contribution in [0, 0.1) is 11.3 Å². The van der Waals surface area contributed by atoms with Gasteiger partial charge in [-0.1, -0.05) is 6.07 Å². The molecule has 1 amide bonds. The summed E-state index contributed by atoms with van der Waals surface area (Å²) in [6.45, 7) is 0. The Balaban J connectivity index is 1.67. The third-order valence-electron chi connectivity index (χ3n) is 4.31. The van der Waals surface area contributed by atoms with Gasteiger partial charge in [-0.15, -0.1) is 0 Å². The molecule has 0 bridgehead atoms. The first-order valence-corrected chi connectivity index (χ1v) is 7.85. The lowest BCUT2D eigenvalue weighted by atomic mass is 10.1. The van der Waals surface area contributed by atoms with Gasteiger partial charge in [0.05, 0.1) is 23.9 Å². The van der Waals surface area contributed by atoms with Gasteiger partial charge in [0.15, 0.2) is 5.65 Å². The van der Waals surface area contributed by atoms with Crippen molar-refractivity contribution < 1.29 is 14.7 Å². The van der Waals surface area contributed by atoms with Crippen LogP contribution in [0.2, 0.25) is 0 Å². The minimum atomic E-state index is -1.32. The molecule has 0 aliphatic heterocycles. The molecule has 1 aliphatic carbocycles. The van der Waals surface area contributed by atoms with Crippen molar-refractivity contribution in [2.75, 3.05) is 0 Å². The Kier molecular flexibility index (Phi) is 3.58. The topological polar surface area (TPSA) is 133 Å². The summed E-state index contributed by atoms with van der Waals surface area (Å²) in [7, 11) is 0. The molecule has 0 saturated heterocycles. The van der Waals surface area contributed by atoms with E-state index < -0.39 is 17.7 Å². The van der Waals surface area contributed by atoms with E-state index in [0.717, 1.165) is 17.5 Å². The fraction of sp³-hybridized carbons (Fsp3) is 0.176. The van der Waals surface area contributed by atoms with Crippen LogP contribution in [0.5, 0.6) is 0 Å². The summed E-state index contributed by atoms with van der Waals surface area (Å²) in [5.41, 5.74) is 2.78. The zero-order valence-corrected chi connectivity index (χ0v) is 13.4. The fourth-order valence-corrected chi connectivity index (χ4v) is 3.13. The molecule has 26 heavy (non-hydrogen) atoms. The average Bonchev–Trinajstić information content (AvgIpc) is 3.27. The van der Waals surface area contributed by atoms with E-state index in [9.17, 15) is 9.59 Å². The summed E-state index contributed by atoms with van der Waals surface area (Å²) in [5, 5.41) is 25.0. The van der Waals surface area contributed by atoms with Gasteiger partial charge >= 0.3 is 5.97 Å². The van der Waals surface area contributed by atoms with Crippen molar-refractivity contribution in [3.8, 4) is 6.07 Å². The van der Waals surface area contributed by atoms with Gasteiger partial charge in [0, 0.05) is 6.07 Å². The van der Waals surface area contributed by atoms with Crippen molar-refractivity contribution in [2.24, 2.45) is 0 Å². The largest absolute Gasteiger partial charge is 0.475 e. The summed E-state index contributed by atoms with van der Waals surface area (Å²) in [5.74, 6) is -2.46. The van der Waals surface area contributed by atoms with Gasteiger partial charge in [0.1, 0.15) is 0 Å². The Bertz CT molecular complexity index is 1100. The molecule has 9 heteroatoms. The van der Waals surface area contributed by atoms with Gasteiger partial charge in [-0.2, -0.15) is 19.9 Å². The maximum Gasteiger partial charge on any atom is 0.374 e. The number of aryl methyl sites for hydroxylation is 1. The van der Waals surface area contributed by atoms with E-state index in [1.165, 1.54) is 16.8 Å². The molecule has 0 unspecified atom stereocenters. The van der Waals surface area contributed by atoms with Crippen LogP contribution in [0.3, 0.4) is 0 Å². The number of aromatic nitrogens is 4. The Labute approximate surface area is 146 Å². The average molecular weight is 348 g/mol. The summed E-state index contributed by atoms with van der Waals surface area (Å²) in [4.78, 5) is 31.6. The van der Waals surface area contributed by atoms with E-state index >= 15 is 0 Å². The molecule has 9 nitrogen and oxygen atoms in total. The van der Waals surface area contributed by atoms with Crippen molar-refractivity contribution in [3.05, 3.63) is 58.8 Å². The zero-order valence-electron chi connectivity index (χ0n) is 13.4. The highest BCUT2D eigenvalue weighted by Gasteiger charge is 2.27. The lowest BCUT2D eigenvalue weighted by molar-refractivity contribution is 0.0683. The van der Waals surface area contributed by atoms with E-state index in [4.69, 9.17) is 10.4 Å². The molecular formula is C17H12N6O3. The first kappa shape index (κ1) is 15.7. The normalized spacial score (nSPS) is 15.4. The first-order valence-electron chi connectivity index (χ1n) is 7.85. The molecule has 2 heterocycles. The Hall–Kier alpha value is -3.80. The number of nitrogens with one attached hydrogen (secondary N) is 1. The minimum Gasteiger partial charge on any atom is -0.475 e. The second kappa shape index (κ2) is 5.93. The van der Waals surface area contributed by atoms with Crippen LogP contribution in [0.25, 0.3) is 5.65 Å². The molecule has 128 valence electrons. The van der Waals surface area contributed by atoms with Gasteiger partial charge in [-0.3, -0.25) is 4.79 Å². The summed E-state index contributed by atoms with van der Waals surface area (Å²) in [6.07, 6.45) is 2.85. The number of carboxylic acid groups (broad SMARTS) is 1. The van der Waals surface area contributed by atoms with E-state index in [-0.39, 0.29) is 17.5 Å². The summed E-state index contributed by atoms with van der Waals surface area (Å²) >= 11 is 0. The van der Waals surface area contributed by atoms with Crippen LogP contribution in [-0.2, 0) is 6.42 Å². The van der Waals surface area contributed by atoms with Crippen LogP contribution >= 0.6 is 0 Å². The molecule has 3 aromatic rings. The van der Waals surface area contributed by atoms with Crippen molar-refractivity contribution in [2.45, 2.75) is 18.9 Å². The lowest BCUT2D eigenvalue weighted by Gasteiger charge is -2.14. The predicted molar refractivity (Wildman–Crippen MR) is 87.4 cm³/mol. The predicted octanol–water partition coefficient (Wildman–Crippen LogP) is 1.11. The number of hydrogen-bond acceptors (Lipinski definition) is 6. The van der Waals surface area contributed by atoms with Crippen molar-refractivity contribution in [3.63, 3.8) is 0 Å². The van der Waals surface area contributed by atoms with Crippen molar-refractivity contribution in [1.29, 1.82) is 5.26 Å². The van der Waals surface area contributed by atoms with E-state index in [0.29, 0.717) is 12.0 Å². The van der Waals surface area contributed by atoms with Crippen LogP contribution in [0.4, 0.5) is 0 Å². The number of fused-ring (bicyclic) bond motifs is 2. The summed E-state index contributed by atoms with van der Waals surface area (Å²) in [6, 6.07) is 8.72. The Morgan fingerprint density at radius 3 is 2.92 bits per heavy atom. The third-order valence-corrected chi connectivity index (χ3v) is 4.31. The first-order chi connectivity index (χ1) is 12.6. The smallest absolute Gasteiger partial charge is 0.374 e. The molecule has 1 aliphatic rings. The zero-order chi connectivity index (χ0) is 18.3. The molecule has 1 aromatic carbocycles. The molecule has 0 fully saturated rings. The van der Waals surface area contributed by atoms with E-state index in [1.54, 1.807) is 6.07 Å². The van der Waals surface area contributed by atoms with Crippen LogP contribution in [-0.4, -0.2) is 36.6 Å². The third kappa shape index (κ3) is 2.53. The number of amides is 1. The molecular weight excluding hydrogens is 336 g/mol. The fourth-order valence-electron chi connectivity index (χ4n) is 3.13. The highest BCUT2D eigenvalue weighted by atomic mass is 16.4. The minimum absolute atomic E-state index is 0.139. The number of aromatic carboxylic acids is 1. The molecule has 1 atom stereocenters. The number of carboxylic acids is 1. The molecule has 2 aromatic heterocycles. The SMILES string of the molecule is N#Cc1ccc2c(c1)CC[C@@H]2NC(=O)c1nc(C(=O)O)nc2ccnn12. The number of carbonyl (C=O) groups excluding carboxylic acids is 1.